The van der Waals surface area contributed by atoms with Gasteiger partial charge in [0.25, 0.3) is 5.17 Å². The van der Waals surface area contributed by atoms with Crippen molar-refractivity contribution in [3.63, 3.8) is 0 Å². The van der Waals surface area contributed by atoms with Crippen molar-refractivity contribution in [3.8, 4) is 0 Å². The van der Waals surface area contributed by atoms with Gasteiger partial charge in [-0.3, -0.25) is 0 Å². The Bertz CT molecular complexity index is 182. The fourth-order valence-electron chi connectivity index (χ4n) is 0.794. The Morgan fingerprint density at radius 1 is 1.46 bits per heavy atom. The minimum Gasteiger partial charge on any atom is -0.460 e. The lowest BCUT2D eigenvalue weighted by Gasteiger charge is -2.01. The Balaban J connectivity index is 3.38. The summed E-state index contributed by atoms with van der Waals surface area (Å²) in [6.45, 7) is 2.42. The average Bonchev–Trinajstić information content (AvgIpc) is 2.16. The molecule has 0 saturated carbocycles. The molecule has 0 aliphatic carbocycles. The largest absolute Gasteiger partial charge is 0.460 e. The second-order valence-corrected chi connectivity index (χ2v) is 2.95. The number of rotatable bonds is 6. The first-order chi connectivity index (χ1) is 6.22. The van der Waals surface area contributed by atoms with E-state index in [0.717, 1.165) is 25.7 Å². The highest BCUT2D eigenvalue weighted by molar-refractivity contribution is 6.81. The number of carbonyl (C=O) groups is 1. The van der Waals surface area contributed by atoms with Crippen LogP contribution in [0.5, 0.6) is 0 Å². The molecule has 0 aliphatic rings. The summed E-state index contributed by atoms with van der Waals surface area (Å²) in [5.41, 5.74) is 0. The Morgan fingerprint density at radius 2 is 2.15 bits per heavy atom. The standard InChI is InChI=1S/C8H14ClNO3/c1-2-3-4-5-6-13-8(11)7(9)10-12/h12H,2-6H2,1H3. The third kappa shape index (κ3) is 6.40. The van der Waals surface area contributed by atoms with Gasteiger partial charge in [-0.2, -0.15) is 0 Å². The van der Waals surface area contributed by atoms with E-state index in [-0.39, 0.29) is 0 Å². The van der Waals surface area contributed by atoms with Gasteiger partial charge in [-0.1, -0.05) is 42.9 Å². The number of oxime groups is 1. The van der Waals surface area contributed by atoms with Crippen LogP contribution in [0.1, 0.15) is 32.6 Å². The normalized spacial score (nSPS) is 11.4. The molecular formula is C8H14ClNO3. The highest BCUT2D eigenvalue weighted by atomic mass is 35.5. The van der Waals surface area contributed by atoms with Gasteiger partial charge >= 0.3 is 5.97 Å². The van der Waals surface area contributed by atoms with Gasteiger partial charge < -0.3 is 9.94 Å². The molecule has 0 aromatic carbocycles. The van der Waals surface area contributed by atoms with E-state index in [2.05, 4.69) is 16.8 Å². The summed E-state index contributed by atoms with van der Waals surface area (Å²) in [6, 6.07) is 0. The number of hydrogen-bond donors (Lipinski definition) is 1. The molecule has 0 saturated heterocycles. The van der Waals surface area contributed by atoms with Crippen LogP contribution in [0.3, 0.4) is 0 Å². The molecule has 0 amide bonds. The molecule has 0 atom stereocenters. The van der Waals surface area contributed by atoms with E-state index >= 15 is 0 Å². The first-order valence-corrected chi connectivity index (χ1v) is 4.64. The second kappa shape index (κ2) is 7.86. The molecular weight excluding hydrogens is 194 g/mol. The van der Waals surface area contributed by atoms with Crippen LogP contribution in [0.4, 0.5) is 0 Å². The third-order valence-electron chi connectivity index (χ3n) is 1.49. The van der Waals surface area contributed by atoms with Crippen LogP contribution in [-0.4, -0.2) is 23.0 Å². The first kappa shape index (κ1) is 12.2. The van der Waals surface area contributed by atoms with Gasteiger partial charge in [0, 0.05) is 0 Å². The predicted octanol–water partition coefficient (Wildman–Crippen LogP) is 2.14. The van der Waals surface area contributed by atoms with E-state index in [1.165, 1.54) is 0 Å². The number of hydrogen-bond acceptors (Lipinski definition) is 4. The van der Waals surface area contributed by atoms with Crippen molar-refractivity contribution in [2.45, 2.75) is 32.6 Å². The molecule has 0 unspecified atom stereocenters. The summed E-state index contributed by atoms with van der Waals surface area (Å²) >= 11 is 5.18. The van der Waals surface area contributed by atoms with Gasteiger partial charge in [0.2, 0.25) is 0 Å². The predicted molar refractivity (Wildman–Crippen MR) is 50.2 cm³/mol. The molecule has 0 aromatic heterocycles. The zero-order valence-electron chi connectivity index (χ0n) is 7.62. The van der Waals surface area contributed by atoms with Crippen molar-refractivity contribution in [2.75, 3.05) is 6.61 Å². The number of unbranched alkanes of at least 4 members (excludes halogenated alkanes) is 3. The van der Waals surface area contributed by atoms with Crippen LogP contribution in [0.25, 0.3) is 0 Å². The van der Waals surface area contributed by atoms with E-state index in [1.54, 1.807) is 0 Å². The molecule has 0 spiro atoms. The zero-order chi connectivity index (χ0) is 10.1. The summed E-state index contributed by atoms with van der Waals surface area (Å²) in [5.74, 6) is -0.777. The van der Waals surface area contributed by atoms with Crippen molar-refractivity contribution in [1.82, 2.24) is 0 Å². The monoisotopic (exact) mass is 207 g/mol. The molecule has 76 valence electrons. The molecule has 1 N–H and O–H groups in total. The third-order valence-corrected chi connectivity index (χ3v) is 1.72. The van der Waals surface area contributed by atoms with E-state index < -0.39 is 11.1 Å². The Kier molecular flexibility index (Phi) is 7.39. The van der Waals surface area contributed by atoms with Crippen molar-refractivity contribution in [3.05, 3.63) is 0 Å². The SMILES string of the molecule is CCCCCCOC(=O)C(Cl)=NO. The molecule has 5 heteroatoms. The number of nitrogens with zero attached hydrogens (tertiary/aromatic N) is 1. The minimum absolute atomic E-state index is 0.324. The number of ether oxygens (including phenoxy) is 1. The molecule has 0 rings (SSSR count). The minimum atomic E-state index is -0.777. The number of esters is 1. The maximum absolute atomic E-state index is 10.8. The molecule has 0 radical (unpaired) electrons. The van der Waals surface area contributed by atoms with E-state index in [1.807, 2.05) is 0 Å². The fourth-order valence-corrected chi connectivity index (χ4v) is 0.849. The molecule has 4 nitrogen and oxygen atoms in total. The first-order valence-electron chi connectivity index (χ1n) is 4.27. The van der Waals surface area contributed by atoms with Gasteiger partial charge in [-0.05, 0) is 6.42 Å². The van der Waals surface area contributed by atoms with Crippen LogP contribution in [0, 0.1) is 0 Å². The summed E-state index contributed by atoms with van der Waals surface area (Å²) in [6.07, 6.45) is 4.10. The topological polar surface area (TPSA) is 58.9 Å². The van der Waals surface area contributed by atoms with Crippen molar-refractivity contribution in [1.29, 1.82) is 0 Å². The number of carbonyl (C=O) groups excluding carboxylic acids is 1. The van der Waals surface area contributed by atoms with E-state index in [9.17, 15) is 4.79 Å². The highest BCUT2D eigenvalue weighted by Gasteiger charge is 2.09. The lowest BCUT2D eigenvalue weighted by Crippen LogP contribution is -2.12. The number of halogens is 1. The summed E-state index contributed by atoms with van der Waals surface area (Å²) < 4.78 is 4.68. The van der Waals surface area contributed by atoms with E-state index in [0.29, 0.717) is 6.61 Å². The van der Waals surface area contributed by atoms with Crippen LogP contribution >= 0.6 is 11.6 Å². The van der Waals surface area contributed by atoms with Crippen LogP contribution in [0.15, 0.2) is 5.16 Å². The second-order valence-electron chi connectivity index (χ2n) is 2.59. The zero-order valence-corrected chi connectivity index (χ0v) is 8.38. The smallest absolute Gasteiger partial charge is 0.372 e. The van der Waals surface area contributed by atoms with Gasteiger partial charge in [-0.15, -0.1) is 0 Å². The van der Waals surface area contributed by atoms with Crippen LogP contribution in [0.2, 0.25) is 0 Å². The van der Waals surface area contributed by atoms with Crippen LogP contribution in [-0.2, 0) is 9.53 Å². The van der Waals surface area contributed by atoms with Crippen molar-refractivity contribution < 1.29 is 14.7 Å². The lowest BCUT2D eigenvalue weighted by molar-refractivity contribution is -0.135. The van der Waals surface area contributed by atoms with Crippen molar-refractivity contribution in [2.24, 2.45) is 5.16 Å². The van der Waals surface area contributed by atoms with Gasteiger partial charge in [0.1, 0.15) is 0 Å². The molecule has 0 heterocycles. The molecule has 0 aliphatic heterocycles. The maximum Gasteiger partial charge on any atom is 0.372 e. The fraction of sp³-hybridized carbons (Fsp3) is 0.750. The van der Waals surface area contributed by atoms with Gasteiger partial charge in [0.15, 0.2) is 0 Å². The van der Waals surface area contributed by atoms with Gasteiger partial charge in [-0.25, -0.2) is 4.79 Å². The Labute approximate surface area is 82.5 Å². The summed E-state index contributed by atoms with van der Waals surface area (Å²) in [4.78, 5) is 10.8. The van der Waals surface area contributed by atoms with Gasteiger partial charge in [0.05, 0.1) is 6.61 Å². The maximum atomic E-state index is 10.8. The highest BCUT2D eigenvalue weighted by Crippen LogP contribution is 1.99. The summed E-state index contributed by atoms with van der Waals surface area (Å²) in [5, 5.41) is 10.1. The van der Waals surface area contributed by atoms with E-state index in [4.69, 9.17) is 16.8 Å². The quantitative estimate of drug-likeness (QED) is 0.239. The van der Waals surface area contributed by atoms with Crippen molar-refractivity contribution >= 4 is 22.7 Å². The molecule has 13 heavy (non-hydrogen) atoms. The Hall–Kier alpha value is -0.770. The Morgan fingerprint density at radius 3 is 2.69 bits per heavy atom. The molecule has 0 fully saturated rings. The van der Waals surface area contributed by atoms with Crippen LogP contribution < -0.4 is 0 Å². The average molecular weight is 208 g/mol. The lowest BCUT2D eigenvalue weighted by atomic mass is 10.2. The molecule has 0 aromatic rings. The summed E-state index contributed by atoms with van der Waals surface area (Å²) in [7, 11) is 0. The molecule has 0 bridgehead atoms.